The number of nitrogens with one attached hydrogen (secondary N) is 2. The maximum absolute atomic E-state index is 14.4. The highest BCUT2D eigenvalue weighted by Gasteiger charge is 2.33. The molecule has 9 nitrogen and oxygen atoms in total. The van der Waals surface area contributed by atoms with Crippen LogP contribution in [0.3, 0.4) is 0 Å². The second kappa shape index (κ2) is 18.3. The molecular weight excluding hydrogens is 602 g/mol. The molecule has 4 aromatic carbocycles. The van der Waals surface area contributed by atoms with Gasteiger partial charge in [-0.15, -0.1) is 0 Å². The highest BCUT2D eigenvalue weighted by Crippen LogP contribution is 2.21. The average molecular weight is 648 g/mol. The standard InChI is InChI=1S/C39H45N5O4/c1-44(36(25-28-11-4-2-5-12-28)38(47)42-34(27-45)17-8-9-22-40)39(48)35(43-37(46)33-16-10-13-30(23-33)26-41)24-29-18-20-32(21-19-29)31-14-6-3-7-15-31/h2-7,10-16,18-21,23,27,34-36H,8-9,17,22,24-26,40-41H2,1H3,(H,42,47)(H,43,46)/t34?,35-,36?/m1/s1. The number of nitrogens with two attached hydrogens (primary N) is 2. The molecule has 6 N–H and O–H groups in total. The third-order valence-electron chi connectivity index (χ3n) is 8.38. The lowest BCUT2D eigenvalue weighted by atomic mass is 9.98. The van der Waals surface area contributed by atoms with Crippen LogP contribution in [-0.2, 0) is 33.8 Å². The molecule has 0 saturated carbocycles. The molecule has 0 saturated heterocycles. The summed E-state index contributed by atoms with van der Waals surface area (Å²) in [5.74, 6) is -1.32. The number of unbranched alkanes of at least 4 members (excludes halogenated alkanes) is 1. The number of aldehydes is 1. The van der Waals surface area contributed by atoms with Gasteiger partial charge in [-0.25, -0.2) is 0 Å². The zero-order chi connectivity index (χ0) is 34.3. The van der Waals surface area contributed by atoms with Crippen molar-refractivity contribution in [1.82, 2.24) is 15.5 Å². The summed E-state index contributed by atoms with van der Waals surface area (Å²) in [4.78, 5) is 54.9. The van der Waals surface area contributed by atoms with Gasteiger partial charge in [-0.05, 0) is 65.8 Å². The Morgan fingerprint density at radius 3 is 2.00 bits per heavy atom. The number of benzene rings is 4. The summed E-state index contributed by atoms with van der Waals surface area (Å²) >= 11 is 0. The second-order valence-electron chi connectivity index (χ2n) is 11.9. The van der Waals surface area contributed by atoms with Crippen LogP contribution in [0.15, 0.2) is 109 Å². The van der Waals surface area contributed by atoms with Crippen molar-refractivity contribution >= 4 is 24.0 Å². The first-order chi connectivity index (χ1) is 23.3. The number of hydrogen-bond acceptors (Lipinski definition) is 6. The molecule has 3 amide bonds. The Hall–Kier alpha value is -5.12. The minimum absolute atomic E-state index is 0.191. The van der Waals surface area contributed by atoms with Gasteiger partial charge in [0.15, 0.2) is 0 Å². The first-order valence-electron chi connectivity index (χ1n) is 16.3. The predicted octanol–water partition coefficient (Wildman–Crippen LogP) is 4.04. The molecule has 0 aliphatic heterocycles. The van der Waals surface area contributed by atoms with Crippen molar-refractivity contribution in [1.29, 1.82) is 0 Å². The summed E-state index contributed by atoms with van der Waals surface area (Å²) in [6.07, 6.45) is 2.98. The monoisotopic (exact) mass is 647 g/mol. The summed E-state index contributed by atoms with van der Waals surface area (Å²) in [6.45, 7) is 0.760. The molecule has 4 aromatic rings. The van der Waals surface area contributed by atoms with Crippen LogP contribution in [0.4, 0.5) is 0 Å². The van der Waals surface area contributed by atoms with E-state index in [9.17, 15) is 19.2 Å². The van der Waals surface area contributed by atoms with E-state index in [0.717, 1.165) is 34.2 Å². The van der Waals surface area contributed by atoms with Crippen molar-refractivity contribution in [2.45, 2.75) is 56.8 Å². The lowest BCUT2D eigenvalue weighted by molar-refractivity contribution is -0.140. The van der Waals surface area contributed by atoms with E-state index >= 15 is 0 Å². The number of hydrogen-bond donors (Lipinski definition) is 4. The molecule has 0 aromatic heterocycles. The average Bonchev–Trinajstić information content (AvgIpc) is 3.13. The van der Waals surface area contributed by atoms with Crippen LogP contribution in [-0.4, -0.2) is 60.6 Å². The van der Waals surface area contributed by atoms with E-state index in [2.05, 4.69) is 10.6 Å². The fraction of sp³-hybridized carbons (Fsp3) is 0.282. The van der Waals surface area contributed by atoms with Crippen molar-refractivity contribution in [3.8, 4) is 11.1 Å². The van der Waals surface area contributed by atoms with Crippen LogP contribution in [0.1, 0.15) is 46.3 Å². The first-order valence-corrected chi connectivity index (χ1v) is 16.3. The Morgan fingerprint density at radius 1 is 0.729 bits per heavy atom. The maximum Gasteiger partial charge on any atom is 0.251 e. The maximum atomic E-state index is 14.4. The Bertz CT molecular complexity index is 1630. The van der Waals surface area contributed by atoms with E-state index in [4.69, 9.17) is 11.5 Å². The molecule has 0 bridgehead atoms. The van der Waals surface area contributed by atoms with Gasteiger partial charge in [0.2, 0.25) is 11.8 Å². The van der Waals surface area contributed by atoms with Crippen LogP contribution in [0.2, 0.25) is 0 Å². The summed E-state index contributed by atoms with van der Waals surface area (Å²) in [6, 6.07) is 31.5. The molecular formula is C39H45N5O4. The van der Waals surface area contributed by atoms with Gasteiger partial charge in [-0.1, -0.05) is 97.1 Å². The Balaban J connectivity index is 1.62. The normalized spacial score (nSPS) is 12.7. The zero-order valence-corrected chi connectivity index (χ0v) is 27.4. The molecule has 3 atom stereocenters. The fourth-order valence-corrected chi connectivity index (χ4v) is 5.58. The van der Waals surface area contributed by atoms with E-state index in [1.54, 1.807) is 25.2 Å². The first kappa shape index (κ1) is 35.7. The molecule has 0 fully saturated rings. The van der Waals surface area contributed by atoms with Gasteiger partial charge in [0.05, 0.1) is 6.04 Å². The third kappa shape index (κ3) is 10.2. The van der Waals surface area contributed by atoms with E-state index in [1.165, 1.54) is 4.90 Å². The van der Waals surface area contributed by atoms with E-state index in [0.29, 0.717) is 31.2 Å². The fourth-order valence-electron chi connectivity index (χ4n) is 5.58. The van der Waals surface area contributed by atoms with Crippen LogP contribution < -0.4 is 22.1 Å². The Morgan fingerprint density at radius 2 is 1.35 bits per heavy atom. The molecule has 9 heteroatoms. The van der Waals surface area contributed by atoms with Gasteiger partial charge >= 0.3 is 0 Å². The molecule has 48 heavy (non-hydrogen) atoms. The summed E-state index contributed by atoms with van der Waals surface area (Å²) in [7, 11) is 1.56. The lowest BCUT2D eigenvalue weighted by Crippen LogP contribution is -2.56. The quantitative estimate of drug-likeness (QED) is 0.101. The number of nitrogens with zero attached hydrogens (tertiary/aromatic N) is 1. The number of rotatable bonds is 17. The molecule has 250 valence electrons. The Labute approximate surface area is 282 Å². The molecule has 0 aliphatic carbocycles. The summed E-state index contributed by atoms with van der Waals surface area (Å²) < 4.78 is 0. The van der Waals surface area contributed by atoms with Crippen LogP contribution >= 0.6 is 0 Å². The van der Waals surface area contributed by atoms with E-state index < -0.39 is 35.8 Å². The number of carbonyl (C=O) groups is 4. The number of carbonyl (C=O) groups excluding carboxylic acids is 4. The minimum atomic E-state index is -0.996. The van der Waals surface area contributed by atoms with Crippen LogP contribution in [0.5, 0.6) is 0 Å². The summed E-state index contributed by atoms with van der Waals surface area (Å²) in [5, 5.41) is 5.76. The van der Waals surface area contributed by atoms with Crippen molar-refractivity contribution in [3.05, 3.63) is 131 Å². The topological polar surface area (TPSA) is 148 Å². The van der Waals surface area contributed by atoms with E-state index in [1.807, 2.05) is 91.0 Å². The number of amides is 3. The number of likely N-dealkylation sites (N-methyl/N-ethyl adjacent to an activating group) is 1. The van der Waals surface area contributed by atoms with Crippen molar-refractivity contribution in [3.63, 3.8) is 0 Å². The van der Waals surface area contributed by atoms with Crippen molar-refractivity contribution < 1.29 is 19.2 Å². The molecule has 0 radical (unpaired) electrons. The van der Waals surface area contributed by atoms with Gasteiger partial charge in [0, 0.05) is 32.0 Å². The molecule has 2 unspecified atom stereocenters. The lowest BCUT2D eigenvalue weighted by Gasteiger charge is -2.32. The van der Waals surface area contributed by atoms with E-state index in [-0.39, 0.29) is 19.4 Å². The largest absolute Gasteiger partial charge is 0.345 e. The summed E-state index contributed by atoms with van der Waals surface area (Å²) in [5.41, 5.74) is 16.4. The Kier molecular flexibility index (Phi) is 13.6. The molecule has 0 spiro atoms. The van der Waals surface area contributed by atoms with Gasteiger partial charge < -0.3 is 31.8 Å². The minimum Gasteiger partial charge on any atom is -0.345 e. The SMILES string of the molecule is CN(C(=O)[C@@H](Cc1ccc(-c2ccccc2)cc1)NC(=O)c1cccc(CN)c1)C(Cc1ccccc1)C(=O)NC(C=O)CCCCN. The van der Waals surface area contributed by atoms with Crippen molar-refractivity contribution in [2.24, 2.45) is 11.5 Å². The van der Waals surface area contributed by atoms with Crippen LogP contribution in [0.25, 0.3) is 11.1 Å². The second-order valence-corrected chi connectivity index (χ2v) is 11.9. The zero-order valence-electron chi connectivity index (χ0n) is 27.4. The van der Waals surface area contributed by atoms with Gasteiger partial charge in [-0.2, -0.15) is 0 Å². The molecule has 0 aliphatic rings. The van der Waals surface area contributed by atoms with Gasteiger partial charge in [-0.3, -0.25) is 14.4 Å². The van der Waals surface area contributed by atoms with Gasteiger partial charge in [0.1, 0.15) is 18.4 Å². The highest BCUT2D eigenvalue weighted by atomic mass is 16.2. The predicted molar refractivity (Wildman–Crippen MR) is 189 cm³/mol. The highest BCUT2D eigenvalue weighted by molar-refractivity contribution is 5.98. The van der Waals surface area contributed by atoms with Gasteiger partial charge in [0.25, 0.3) is 5.91 Å². The van der Waals surface area contributed by atoms with Crippen molar-refractivity contribution in [2.75, 3.05) is 13.6 Å². The third-order valence-corrected chi connectivity index (χ3v) is 8.38. The smallest absolute Gasteiger partial charge is 0.251 e. The molecule has 4 rings (SSSR count). The van der Waals surface area contributed by atoms with Crippen LogP contribution in [0, 0.1) is 0 Å². The molecule has 0 heterocycles.